The van der Waals surface area contributed by atoms with E-state index in [2.05, 4.69) is 10.0 Å². The van der Waals surface area contributed by atoms with Crippen molar-refractivity contribution >= 4 is 10.0 Å². The molecule has 1 saturated carbocycles. The Morgan fingerprint density at radius 1 is 1.28 bits per heavy atom. The van der Waals surface area contributed by atoms with Gasteiger partial charge in [-0.2, -0.15) is 0 Å². The summed E-state index contributed by atoms with van der Waals surface area (Å²) in [7, 11) is -3.46. The normalized spacial score (nSPS) is 16.2. The van der Waals surface area contributed by atoms with Crippen LogP contribution >= 0.6 is 0 Å². The predicted octanol–water partition coefficient (Wildman–Crippen LogP) is 1.45. The molecule has 6 heteroatoms. The van der Waals surface area contributed by atoms with Crippen molar-refractivity contribution in [1.29, 1.82) is 0 Å². The van der Waals surface area contributed by atoms with Gasteiger partial charge in [-0.15, -0.1) is 0 Å². The van der Waals surface area contributed by atoms with Gasteiger partial charge in [0, 0.05) is 24.7 Å². The lowest BCUT2D eigenvalue weighted by molar-refractivity contribution is 0.492. The van der Waals surface area contributed by atoms with Crippen LogP contribution < -0.4 is 10.0 Å². The van der Waals surface area contributed by atoms with Crippen LogP contribution in [0.25, 0.3) is 0 Å². The number of nitrogens with one attached hydrogen (secondary N) is 2. The van der Waals surface area contributed by atoms with Crippen LogP contribution in [0, 0.1) is 13.8 Å². The van der Waals surface area contributed by atoms with Gasteiger partial charge < -0.3 is 9.73 Å². The van der Waals surface area contributed by atoms with Crippen LogP contribution in [0.4, 0.5) is 0 Å². The van der Waals surface area contributed by atoms with E-state index in [0.29, 0.717) is 35.5 Å². The van der Waals surface area contributed by atoms with E-state index in [1.165, 1.54) is 12.8 Å². The standard InChI is InChI=1S/C12H20N2O3S/c1-4-14-18(15,16)12-9(3)17-8(2)11(12)7-13-10-5-6-10/h10,13-14H,4-7H2,1-3H3. The Morgan fingerprint density at radius 3 is 2.50 bits per heavy atom. The first kappa shape index (κ1) is 13.6. The second-order valence-corrected chi connectivity index (χ2v) is 6.38. The van der Waals surface area contributed by atoms with Gasteiger partial charge in [-0.1, -0.05) is 6.92 Å². The first-order valence-corrected chi connectivity index (χ1v) is 7.76. The molecule has 0 unspecified atom stereocenters. The maximum absolute atomic E-state index is 12.1. The Kier molecular flexibility index (Phi) is 3.79. The summed E-state index contributed by atoms with van der Waals surface area (Å²) in [6.07, 6.45) is 2.34. The number of hydrogen-bond donors (Lipinski definition) is 2. The molecule has 0 bridgehead atoms. The van der Waals surface area contributed by atoms with Gasteiger partial charge in [0.15, 0.2) is 0 Å². The second-order valence-electron chi connectivity index (χ2n) is 4.68. The van der Waals surface area contributed by atoms with Crippen LogP contribution in [0.2, 0.25) is 0 Å². The van der Waals surface area contributed by atoms with Crippen molar-refractivity contribution in [3.05, 3.63) is 17.1 Å². The molecule has 1 aromatic heterocycles. The lowest BCUT2D eigenvalue weighted by Gasteiger charge is -2.07. The minimum atomic E-state index is -3.46. The molecule has 0 saturated heterocycles. The Bertz CT molecular complexity index is 530. The fourth-order valence-electron chi connectivity index (χ4n) is 2.06. The number of furan rings is 1. The molecule has 1 aliphatic carbocycles. The van der Waals surface area contributed by atoms with Gasteiger partial charge in [-0.05, 0) is 26.7 Å². The third-order valence-corrected chi connectivity index (χ3v) is 4.81. The third kappa shape index (κ3) is 2.76. The predicted molar refractivity (Wildman–Crippen MR) is 68.9 cm³/mol. The zero-order chi connectivity index (χ0) is 13.3. The van der Waals surface area contributed by atoms with Crippen LogP contribution in [0.15, 0.2) is 9.31 Å². The molecule has 0 aromatic carbocycles. The first-order chi connectivity index (χ1) is 8.45. The molecule has 0 radical (unpaired) electrons. The van der Waals surface area contributed by atoms with E-state index in [1.54, 1.807) is 13.8 Å². The van der Waals surface area contributed by atoms with Crippen LogP contribution in [0.5, 0.6) is 0 Å². The number of sulfonamides is 1. The highest BCUT2D eigenvalue weighted by Gasteiger charge is 2.28. The second kappa shape index (κ2) is 5.03. The Labute approximate surface area is 108 Å². The minimum absolute atomic E-state index is 0.301. The summed E-state index contributed by atoms with van der Waals surface area (Å²) in [5.41, 5.74) is 0.750. The highest BCUT2D eigenvalue weighted by atomic mass is 32.2. The molecule has 2 rings (SSSR count). The highest BCUT2D eigenvalue weighted by molar-refractivity contribution is 7.89. The van der Waals surface area contributed by atoms with Gasteiger partial charge in [0.25, 0.3) is 0 Å². The van der Waals surface area contributed by atoms with Crippen LogP contribution in [0.1, 0.15) is 36.8 Å². The Balaban J connectivity index is 2.31. The van der Waals surface area contributed by atoms with Crippen molar-refractivity contribution < 1.29 is 12.8 Å². The molecule has 1 heterocycles. The summed E-state index contributed by atoms with van der Waals surface area (Å²) < 4.78 is 32.3. The van der Waals surface area contributed by atoms with E-state index < -0.39 is 10.0 Å². The van der Waals surface area contributed by atoms with Crippen LogP contribution in [0.3, 0.4) is 0 Å². The number of aryl methyl sites for hydroxylation is 2. The molecular weight excluding hydrogens is 252 g/mol. The molecule has 0 amide bonds. The summed E-state index contributed by atoms with van der Waals surface area (Å²) >= 11 is 0. The SMILES string of the molecule is CCNS(=O)(=O)c1c(C)oc(C)c1CNC1CC1. The van der Waals surface area contributed by atoms with Crippen molar-refractivity contribution in [1.82, 2.24) is 10.0 Å². The van der Waals surface area contributed by atoms with Crippen LogP contribution in [-0.4, -0.2) is 21.0 Å². The third-order valence-electron chi connectivity index (χ3n) is 3.07. The summed E-state index contributed by atoms with van der Waals surface area (Å²) in [5, 5.41) is 3.33. The van der Waals surface area contributed by atoms with E-state index in [-0.39, 0.29) is 0 Å². The van der Waals surface area contributed by atoms with E-state index in [0.717, 1.165) is 5.56 Å². The van der Waals surface area contributed by atoms with Gasteiger partial charge >= 0.3 is 0 Å². The van der Waals surface area contributed by atoms with Gasteiger partial charge in [0.2, 0.25) is 10.0 Å². The van der Waals surface area contributed by atoms with Gasteiger partial charge in [0.05, 0.1) is 0 Å². The number of hydrogen-bond acceptors (Lipinski definition) is 4. The summed E-state index contributed by atoms with van der Waals surface area (Å²) in [6.45, 7) is 6.19. The quantitative estimate of drug-likeness (QED) is 0.822. The zero-order valence-electron chi connectivity index (χ0n) is 11.0. The Morgan fingerprint density at radius 2 is 1.94 bits per heavy atom. The summed E-state index contributed by atoms with van der Waals surface area (Å²) in [5.74, 6) is 1.14. The van der Waals surface area contributed by atoms with E-state index in [9.17, 15) is 8.42 Å². The maximum atomic E-state index is 12.1. The van der Waals surface area contributed by atoms with Crippen molar-refractivity contribution in [3.8, 4) is 0 Å². The average Bonchev–Trinajstić information content (AvgIpc) is 3.02. The largest absolute Gasteiger partial charge is 0.465 e. The van der Waals surface area contributed by atoms with E-state index in [4.69, 9.17) is 4.42 Å². The van der Waals surface area contributed by atoms with Crippen molar-refractivity contribution in [3.63, 3.8) is 0 Å². The van der Waals surface area contributed by atoms with Gasteiger partial charge in [0.1, 0.15) is 16.4 Å². The van der Waals surface area contributed by atoms with Crippen LogP contribution in [-0.2, 0) is 16.6 Å². The van der Waals surface area contributed by atoms with E-state index >= 15 is 0 Å². The molecule has 0 aliphatic heterocycles. The molecular formula is C12H20N2O3S. The number of rotatable bonds is 6. The highest BCUT2D eigenvalue weighted by Crippen LogP contribution is 2.27. The smallest absolute Gasteiger partial charge is 0.244 e. The molecule has 0 spiro atoms. The molecule has 1 aliphatic rings. The molecule has 1 fully saturated rings. The molecule has 102 valence electrons. The lowest BCUT2D eigenvalue weighted by atomic mass is 10.2. The van der Waals surface area contributed by atoms with Gasteiger partial charge in [-0.25, -0.2) is 13.1 Å². The minimum Gasteiger partial charge on any atom is -0.465 e. The summed E-state index contributed by atoms with van der Waals surface area (Å²) in [6, 6.07) is 0.536. The fraction of sp³-hybridized carbons (Fsp3) is 0.667. The summed E-state index contributed by atoms with van der Waals surface area (Å²) in [4.78, 5) is 0.301. The van der Waals surface area contributed by atoms with Crippen molar-refractivity contribution in [2.75, 3.05) is 6.54 Å². The average molecular weight is 272 g/mol. The monoisotopic (exact) mass is 272 g/mol. The topological polar surface area (TPSA) is 71.3 Å². The molecule has 1 aromatic rings. The van der Waals surface area contributed by atoms with Crippen molar-refractivity contribution in [2.45, 2.75) is 51.1 Å². The fourth-order valence-corrected chi connectivity index (χ4v) is 3.55. The molecule has 2 N–H and O–H groups in total. The molecule has 5 nitrogen and oxygen atoms in total. The Hall–Kier alpha value is -0.850. The van der Waals surface area contributed by atoms with Gasteiger partial charge in [-0.3, -0.25) is 0 Å². The van der Waals surface area contributed by atoms with E-state index in [1.807, 2.05) is 6.92 Å². The lowest BCUT2D eigenvalue weighted by Crippen LogP contribution is -2.26. The first-order valence-electron chi connectivity index (χ1n) is 6.27. The molecule has 18 heavy (non-hydrogen) atoms. The molecule has 0 atom stereocenters. The van der Waals surface area contributed by atoms with Crippen molar-refractivity contribution in [2.24, 2.45) is 0 Å². The zero-order valence-corrected chi connectivity index (χ0v) is 11.9. The maximum Gasteiger partial charge on any atom is 0.244 e.